The van der Waals surface area contributed by atoms with E-state index >= 15 is 0 Å². The van der Waals surface area contributed by atoms with Gasteiger partial charge in [-0.15, -0.1) is 0 Å². The number of rotatable bonds is 4. The molecule has 148 valence electrons. The Morgan fingerprint density at radius 2 is 1.45 bits per heavy atom. The average Bonchev–Trinajstić information content (AvgIpc) is 2.74. The molecule has 0 bridgehead atoms. The Morgan fingerprint density at radius 3 is 2.10 bits per heavy atom. The van der Waals surface area contributed by atoms with Gasteiger partial charge in [0.15, 0.2) is 0 Å². The van der Waals surface area contributed by atoms with Gasteiger partial charge in [0.1, 0.15) is 22.1 Å². The number of sulfonamides is 1. The molecule has 0 aliphatic carbocycles. The Hall–Kier alpha value is -3.52. The van der Waals surface area contributed by atoms with Crippen LogP contribution in [0.2, 0.25) is 0 Å². The first-order valence-electron chi connectivity index (χ1n) is 8.76. The van der Waals surface area contributed by atoms with E-state index in [9.17, 15) is 13.2 Å². The number of amides is 2. The summed E-state index contributed by atoms with van der Waals surface area (Å²) in [4.78, 5) is 14.2. The van der Waals surface area contributed by atoms with Gasteiger partial charge in [-0.05, 0) is 48.5 Å². The van der Waals surface area contributed by atoms with E-state index in [1.807, 2.05) is 30.3 Å². The molecule has 29 heavy (non-hydrogen) atoms. The van der Waals surface area contributed by atoms with Gasteiger partial charge in [0.2, 0.25) is 0 Å². The summed E-state index contributed by atoms with van der Waals surface area (Å²) in [5.74, 6) is 1.65. The van der Waals surface area contributed by atoms with Crippen LogP contribution in [0.4, 0.5) is 16.2 Å². The third-order valence-electron chi connectivity index (χ3n) is 4.56. The van der Waals surface area contributed by atoms with Gasteiger partial charge in [0, 0.05) is 13.1 Å². The molecule has 1 aliphatic rings. The summed E-state index contributed by atoms with van der Waals surface area (Å²) in [7, 11) is -1.07. The molecule has 0 aromatic heterocycles. The van der Waals surface area contributed by atoms with E-state index in [4.69, 9.17) is 9.47 Å². The van der Waals surface area contributed by atoms with Gasteiger partial charge >= 0.3 is 6.03 Å². The van der Waals surface area contributed by atoms with E-state index in [-0.39, 0.29) is 16.3 Å². The van der Waals surface area contributed by atoms with Crippen molar-refractivity contribution < 1.29 is 22.7 Å². The highest BCUT2D eigenvalue weighted by Gasteiger charge is 2.41. The Balaban J connectivity index is 1.70. The maximum atomic E-state index is 13.1. The molecule has 0 saturated carbocycles. The summed E-state index contributed by atoms with van der Waals surface area (Å²) in [6, 6.07) is 19.4. The van der Waals surface area contributed by atoms with Crippen LogP contribution in [0.25, 0.3) is 0 Å². The second-order valence-electron chi connectivity index (χ2n) is 6.35. The van der Waals surface area contributed by atoms with Crippen LogP contribution in [0.5, 0.6) is 17.2 Å². The van der Waals surface area contributed by atoms with Crippen molar-refractivity contribution in [2.24, 2.45) is 0 Å². The first-order valence-corrected chi connectivity index (χ1v) is 10.2. The zero-order valence-corrected chi connectivity index (χ0v) is 16.6. The van der Waals surface area contributed by atoms with Crippen molar-refractivity contribution in [1.29, 1.82) is 0 Å². The molecule has 7 nitrogen and oxygen atoms in total. The number of urea groups is 1. The molecule has 0 N–H and O–H groups in total. The number of anilines is 2. The molecule has 8 heteroatoms. The molecule has 4 rings (SSSR count). The number of ether oxygens (including phenoxy) is 2. The van der Waals surface area contributed by atoms with Gasteiger partial charge in [-0.3, -0.25) is 4.90 Å². The Kier molecular flexibility index (Phi) is 4.63. The van der Waals surface area contributed by atoms with Gasteiger partial charge in [0.05, 0.1) is 18.5 Å². The zero-order valence-electron chi connectivity index (χ0n) is 15.8. The highest BCUT2D eigenvalue weighted by molar-refractivity contribution is 7.94. The second kappa shape index (κ2) is 7.14. The van der Waals surface area contributed by atoms with Crippen molar-refractivity contribution in [3.63, 3.8) is 0 Å². The van der Waals surface area contributed by atoms with Crippen LogP contribution < -0.4 is 18.7 Å². The molecule has 0 saturated heterocycles. The van der Waals surface area contributed by atoms with Gasteiger partial charge in [0.25, 0.3) is 10.0 Å². The van der Waals surface area contributed by atoms with Crippen molar-refractivity contribution in [3.05, 3.63) is 72.8 Å². The highest BCUT2D eigenvalue weighted by atomic mass is 32.2. The maximum absolute atomic E-state index is 13.1. The van der Waals surface area contributed by atoms with Gasteiger partial charge in [-0.2, -0.15) is 4.31 Å². The molecule has 2 amide bonds. The van der Waals surface area contributed by atoms with E-state index in [2.05, 4.69) is 0 Å². The van der Waals surface area contributed by atoms with E-state index in [0.29, 0.717) is 17.2 Å². The number of benzene rings is 3. The first kappa shape index (κ1) is 18.8. The number of carbonyl (C=O) groups is 1. The third-order valence-corrected chi connectivity index (χ3v) is 6.31. The standard InChI is InChI=1S/C21H18N2O5S/c1-22-19-14-18(27-2)12-13-20(19)29(25,26)23(21(22)24)15-8-10-17(11-9-15)28-16-6-4-3-5-7-16/h3-14H,1-2H3. The fourth-order valence-electron chi connectivity index (χ4n) is 3.07. The lowest BCUT2D eigenvalue weighted by Crippen LogP contribution is -2.49. The fourth-order valence-corrected chi connectivity index (χ4v) is 4.69. The summed E-state index contributed by atoms with van der Waals surface area (Å²) in [6.45, 7) is 0. The minimum absolute atomic E-state index is 0.0324. The molecule has 0 radical (unpaired) electrons. The number of hydrogen-bond acceptors (Lipinski definition) is 5. The predicted molar refractivity (Wildman–Crippen MR) is 109 cm³/mol. The molecule has 0 fully saturated rings. The lowest BCUT2D eigenvalue weighted by Gasteiger charge is -2.34. The van der Waals surface area contributed by atoms with Crippen molar-refractivity contribution in [3.8, 4) is 17.2 Å². The molecule has 3 aromatic carbocycles. The number of carbonyl (C=O) groups excluding carboxylic acids is 1. The molecule has 1 heterocycles. The van der Waals surface area contributed by atoms with Gasteiger partial charge < -0.3 is 9.47 Å². The SMILES string of the molecule is COc1ccc2c(c1)N(C)C(=O)N(c1ccc(Oc3ccccc3)cc1)S2(=O)=O. The minimum Gasteiger partial charge on any atom is -0.497 e. The quantitative estimate of drug-likeness (QED) is 0.643. The number of fused-ring (bicyclic) bond motifs is 1. The van der Waals surface area contributed by atoms with Crippen molar-refractivity contribution in [1.82, 2.24) is 0 Å². The Labute approximate surface area is 168 Å². The molecule has 0 unspecified atom stereocenters. The predicted octanol–water partition coefficient (Wildman–Crippen LogP) is 4.25. The number of para-hydroxylation sites is 1. The monoisotopic (exact) mass is 410 g/mol. The van der Waals surface area contributed by atoms with Crippen LogP contribution in [0, 0.1) is 0 Å². The van der Waals surface area contributed by atoms with E-state index < -0.39 is 16.1 Å². The van der Waals surface area contributed by atoms with Gasteiger partial charge in [-0.1, -0.05) is 18.2 Å². The maximum Gasteiger partial charge on any atom is 0.342 e. The first-order chi connectivity index (χ1) is 13.9. The van der Waals surface area contributed by atoms with E-state index in [1.54, 1.807) is 18.2 Å². The summed E-state index contributed by atoms with van der Waals surface area (Å²) in [6.07, 6.45) is 0. The molecule has 0 atom stereocenters. The lowest BCUT2D eigenvalue weighted by atomic mass is 10.2. The highest BCUT2D eigenvalue weighted by Crippen LogP contribution is 2.38. The van der Waals surface area contributed by atoms with Crippen LogP contribution in [0.1, 0.15) is 0 Å². The number of nitrogens with zero attached hydrogens (tertiary/aromatic N) is 2. The van der Waals surface area contributed by atoms with Crippen LogP contribution in [-0.4, -0.2) is 28.6 Å². The summed E-state index contributed by atoms with van der Waals surface area (Å²) >= 11 is 0. The Bertz CT molecular complexity index is 1160. The van der Waals surface area contributed by atoms with Crippen LogP contribution >= 0.6 is 0 Å². The minimum atomic E-state index is -4.07. The fraction of sp³-hybridized carbons (Fsp3) is 0.0952. The smallest absolute Gasteiger partial charge is 0.342 e. The normalized spacial score (nSPS) is 15.0. The second-order valence-corrected chi connectivity index (χ2v) is 8.11. The van der Waals surface area contributed by atoms with E-state index in [0.717, 1.165) is 4.31 Å². The van der Waals surface area contributed by atoms with Crippen molar-refractivity contribution >= 4 is 27.4 Å². The van der Waals surface area contributed by atoms with E-state index in [1.165, 1.54) is 43.3 Å². The average molecular weight is 410 g/mol. The largest absolute Gasteiger partial charge is 0.497 e. The summed E-state index contributed by atoms with van der Waals surface area (Å²) < 4.78 is 37.9. The number of methoxy groups -OCH3 is 1. The van der Waals surface area contributed by atoms with Gasteiger partial charge in [-0.25, -0.2) is 13.2 Å². The topological polar surface area (TPSA) is 76.2 Å². The molecule has 3 aromatic rings. The molecular formula is C21H18N2O5S. The Morgan fingerprint density at radius 1 is 0.828 bits per heavy atom. The summed E-state index contributed by atoms with van der Waals surface area (Å²) in [5.41, 5.74) is 0.498. The van der Waals surface area contributed by atoms with Crippen LogP contribution in [0.3, 0.4) is 0 Å². The number of hydrogen-bond donors (Lipinski definition) is 0. The lowest BCUT2D eigenvalue weighted by molar-refractivity contribution is 0.255. The molecule has 1 aliphatic heterocycles. The zero-order chi connectivity index (χ0) is 20.6. The van der Waals surface area contributed by atoms with Crippen LogP contribution in [0.15, 0.2) is 77.7 Å². The van der Waals surface area contributed by atoms with Crippen LogP contribution in [-0.2, 0) is 10.0 Å². The van der Waals surface area contributed by atoms with Crippen molar-refractivity contribution in [2.75, 3.05) is 23.4 Å². The molecular weight excluding hydrogens is 392 g/mol. The third kappa shape index (κ3) is 3.27. The molecule has 0 spiro atoms. The van der Waals surface area contributed by atoms with Crippen molar-refractivity contribution in [2.45, 2.75) is 4.90 Å². The summed E-state index contributed by atoms with van der Waals surface area (Å²) in [5, 5.41) is 0.